The summed E-state index contributed by atoms with van der Waals surface area (Å²) >= 11 is 10.2. The number of ketones is 1. The Morgan fingerprint density at radius 2 is 2.42 bits per heavy atom. The lowest BCUT2D eigenvalue weighted by Crippen LogP contribution is -1.90. The summed E-state index contributed by atoms with van der Waals surface area (Å²) in [5, 5.41) is 0. The number of hydrogen-bond donors (Lipinski definition) is 0. The lowest BCUT2D eigenvalue weighted by molar-refractivity contribution is -0.112. The van der Waals surface area contributed by atoms with Crippen molar-refractivity contribution in [3.05, 3.63) is 26.9 Å². The van der Waals surface area contributed by atoms with Gasteiger partial charge in [-0.05, 0) is 40.2 Å². The minimum Gasteiger partial charge on any atom is -0.294 e. The van der Waals surface area contributed by atoms with Gasteiger partial charge in [-0.25, -0.2) is 0 Å². The van der Waals surface area contributed by atoms with Crippen LogP contribution >= 0.6 is 38.9 Å². The molecule has 0 fully saturated rings. The molecule has 0 amide bonds. The van der Waals surface area contributed by atoms with Crippen LogP contribution in [0, 0.1) is 0 Å². The number of halogens is 2. The summed E-state index contributed by atoms with van der Waals surface area (Å²) in [7, 11) is 0. The lowest BCUT2D eigenvalue weighted by atomic mass is 10.3. The topological polar surface area (TPSA) is 17.1 Å². The molecule has 1 aromatic heterocycles. The molecule has 0 aliphatic rings. The van der Waals surface area contributed by atoms with Crippen LogP contribution in [0.5, 0.6) is 0 Å². The van der Waals surface area contributed by atoms with E-state index in [2.05, 4.69) is 15.9 Å². The SMILES string of the molecule is O=C(/C=C/c1ccc(Br)s1)CCl. The average Bonchev–Trinajstić information content (AvgIpc) is 2.47. The van der Waals surface area contributed by atoms with E-state index in [4.69, 9.17) is 11.6 Å². The van der Waals surface area contributed by atoms with Gasteiger partial charge in [0.05, 0.1) is 9.67 Å². The summed E-state index contributed by atoms with van der Waals surface area (Å²) in [5.41, 5.74) is 0. The van der Waals surface area contributed by atoms with Gasteiger partial charge in [-0.3, -0.25) is 4.79 Å². The lowest BCUT2D eigenvalue weighted by Gasteiger charge is -1.82. The van der Waals surface area contributed by atoms with E-state index in [1.807, 2.05) is 12.1 Å². The molecular formula is C8H6BrClOS. The molecule has 12 heavy (non-hydrogen) atoms. The highest BCUT2D eigenvalue weighted by Crippen LogP contribution is 2.22. The smallest absolute Gasteiger partial charge is 0.170 e. The molecule has 0 N–H and O–H groups in total. The highest BCUT2D eigenvalue weighted by Gasteiger charge is 1.94. The quantitative estimate of drug-likeness (QED) is 0.605. The van der Waals surface area contributed by atoms with Gasteiger partial charge in [0.2, 0.25) is 0 Å². The first-order valence-electron chi connectivity index (χ1n) is 3.24. The molecule has 64 valence electrons. The summed E-state index contributed by atoms with van der Waals surface area (Å²) < 4.78 is 1.06. The fourth-order valence-corrected chi connectivity index (χ4v) is 2.05. The third-order valence-electron chi connectivity index (χ3n) is 1.16. The van der Waals surface area contributed by atoms with Crippen LogP contribution in [0.4, 0.5) is 0 Å². The number of carbonyl (C=O) groups excluding carboxylic acids is 1. The van der Waals surface area contributed by atoms with Crippen LogP contribution in [-0.2, 0) is 4.79 Å². The molecule has 0 saturated heterocycles. The predicted molar refractivity (Wildman–Crippen MR) is 56.8 cm³/mol. The molecule has 4 heteroatoms. The average molecular weight is 266 g/mol. The summed E-state index contributed by atoms with van der Waals surface area (Å²) in [6.07, 6.45) is 3.26. The maximum atomic E-state index is 10.8. The van der Waals surface area contributed by atoms with Crippen molar-refractivity contribution in [2.45, 2.75) is 0 Å². The minimum atomic E-state index is -0.0683. The predicted octanol–water partition coefficient (Wildman–Crippen LogP) is 3.33. The molecule has 0 aromatic carbocycles. The third kappa shape index (κ3) is 3.09. The second kappa shape index (κ2) is 4.80. The van der Waals surface area contributed by atoms with Crippen LogP contribution in [0.15, 0.2) is 22.0 Å². The van der Waals surface area contributed by atoms with Crippen molar-refractivity contribution in [2.75, 3.05) is 5.88 Å². The van der Waals surface area contributed by atoms with Gasteiger partial charge in [0.1, 0.15) is 0 Å². The van der Waals surface area contributed by atoms with Crippen molar-refractivity contribution in [1.82, 2.24) is 0 Å². The Labute approximate surface area is 88.2 Å². The fraction of sp³-hybridized carbons (Fsp3) is 0.125. The van der Waals surface area contributed by atoms with Crippen molar-refractivity contribution < 1.29 is 4.79 Å². The number of allylic oxidation sites excluding steroid dienone is 1. The molecule has 0 radical (unpaired) electrons. The van der Waals surface area contributed by atoms with Crippen LogP contribution in [0.2, 0.25) is 0 Å². The van der Waals surface area contributed by atoms with Gasteiger partial charge in [-0.2, -0.15) is 0 Å². The number of thiophene rings is 1. The highest BCUT2D eigenvalue weighted by atomic mass is 79.9. The van der Waals surface area contributed by atoms with Gasteiger partial charge in [-0.1, -0.05) is 0 Å². The summed E-state index contributed by atoms with van der Waals surface area (Å²) in [5.74, 6) is -0.0237. The molecule has 0 saturated carbocycles. The molecule has 0 spiro atoms. The van der Waals surface area contributed by atoms with Crippen molar-refractivity contribution in [3.8, 4) is 0 Å². The first-order valence-corrected chi connectivity index (χ1v) is 5.39. The Bertz CT molecular complexity index is 306. The number of alkyl halides is 1. The fourth-order valence-electron chi connectivity index (χ4n) is 0.637. The standard InChI is InChI=1S/C8H6BrClOS/c9-8-4-3-7(12-8)2-1-6(11)5-10/h1-4H,5H2/b2-1+. The van der Waals surface area contributed by atoms with Gasteiger partial charge in [-0.15, -0.1) is 22.9 Å². The van der Waals surface area contributed by atoms with Crippen molar-refractivity contribution in [3.63, 3.8) is 0 Å². The van der Waals surface area contributed by atoms with E-state index in [9.17, 15) is 4.79 Å². The Morgan fingerprint density at radius 3 is 2.92 bits per heavy atom. The van der Waals surface area contributed by atoms with E-state index < -0.39 is 0 Å². The summed E-state index contributed by atoms with van der Waals surface area (Å²) in [6, 6.07) is 3.88. The second-order valence-electron chi connectivity index (χ2n) is 2.08. The molecule has 0 atom stereocenters. The molecule has 0 unspecified atom stereocenters. The van der Waals surface area contributed by atoms with Crippen LogP contribution in [0.25, 0.3) is 6.08 Å². The van der Waals surface area contributed by atoms with Crippen molar-refractivity contribution >= 4 is 50.7 Å². The zero-order chi connectivity index (χ0) is 8.97. The Kier molecular flexibility index (Phi) is 3.98. The monoisotopic (exact) mass is 264 g/mol. The molecule has 1 aromatic rings. The number of hydrogen-bond acceptors (Lipinski definition) is 2. The maximum Gasteiger partial charge on any atom is 0.170 e. The van der Waals surface area contributed by atoms with Gasteiger partial charge >= 0.3 is 0 Å². The molecule has 1 heterocycles. The van der Waals surface area contributed by atoms with Crippen LogP contribution in [-0.4, -0.2) is 11.7 Å². The van der Waals surface area contributed by atoms with E-state index in [0.717, 1.165) is 8.66 Å². The molecule has 0 aliphatic heterocycles. The zero-order valence-electron chi connectivity index (χ0n) is 6.09. The largest absolute Gasteiger partial charge is 0.294 e. The summed E-state index contributed by atoms with van der Waals surface area (Å²) in [4.78, 5) is 11.8. The summed E-state index contributed by atoms with van der Waals surface area (Å²) in [6.45, 7) is 0. The molecule has 0 bridgehead atoms. The zero-order valence-corrected chi connectivity index (χ0v) is 9.25. The normalized spacial score (nSPS) is 10.8. The molecule has 1 nitrogen and oxygen atoms in total. The Hall–Kier alpha value is -0.120. The van der Waals surface area contributed by atoms with Gasteiger partial charge < -0.3 is 0 Å². The van der Waals surface area contributed by atoms with E-state index in [0.29, 0.717) is 0 Å². The number of rotatable bonds is 3. The third-order valence-corrected chi connectivity index (χ3v) is 3.01. The number of carbonyl (C=O) groups is 1. The van der Waals surface area contributed by atoms with E-state index in [1.165, 1.54) is 6.08 Å². The second-order valence-corrected chi connectivity index (χ2v) is 4.84. The molecule has 0 aliphatic carbocycles. The van der Waals surface area contributed by atoms with Crippen LogP contribution < -0.4 is 0 Å². The van der Waals surface area contributed by atoms with E-state index in [-0.39, 0.29) is 11.7 Å². The molecule has 1 rings (SSSR count). The highest BCUT2D eigenvalue weighted by molar-refractivity contribution is 9.11. The van der Waals surface area contributed by atoms with Crippen molar-refractivity contribution in [2.24, 2.45) is 0 Å². The van der Waals surface area contributed by atoms with E-state index >= 15 is 0 Å². The first kappa shape index (κ1) is 9.96. The maximum absolute atomic E-state index is 10.8. The Morgan fingerprint density at radius 1 is 1.67 bits per heavy atom. The van der Waals surface area contributed by atoms with Crippen molar-refractivity contribution in [1.29, 1.82) is 0 Å². The van der Waals surface area contributed by atoms with Crippen LogP contribution in [0.3, 0.4) is 0 Å². The van der Waals surface area contributed by atoms with Crippen LogP contribution in [0.1, 0.15) is 4.88 Å². The Balaban J connectivity index is 2.63. The van der Waals surface area contributed by atoms with Gasteiger partial charge in [0.25, 0.3) is 0 Å². The van der Waals surface area contributed by atoms with E-state index in [1.54, 1.807) is 17.4 Å². The molecular weight excluding hydrogens is 260 g/mol. The minimum absolute atomic E-state index is 0.0447. The van der Waals surface area contributed by atoms with Gasteiger partial charge in [0, 0.05) is 4.88 Å². The van der Waals surface area contributed by atoms with Gasteiger partial charge in [0.15, 0.2) is 5.78 Å². The first-order chi connectivity index (χ1) is 5.72.